The number of carbonyl (C=O) groups excluding carboxylic acids is 2. The van der Waals surface area contributed by atoms with Crippen LogP contribution >= 0.6 is 0 Å². The normalized spacial score (nSPS) is 11.9. The van der Waals surface area contributed by atoms with Gasteiger partial charge in [0.2, 0.25) is 0 Å². The summed E-state index contributed by atoms with van der Waals surface area (Å²) in [4.78, 5) is 24.0. The molecule has 0 heterocycles. The highest BCUT2D eigenvalue weighted by Crippen LogP contribution is 2.16. The first-order valence-corrected chi connectivity index (χ1v) is 6.60. The highest BCUT2D eigenvalue weighted by Gasteiger charge is 2.20. The van der Waals surface area contributed by atoms with E-state index in [2.05, 4.69) is 5.32 Å². The van der Waals surface area contributed by atoms with Gasteiger partial charge in [-0.2, -0.15) is 0 Å². The van der Waals surface area contributed by atoms with Gasteiger partial charge in [0.25, 0.3) is 5.91 Å². The fourth-order valence-electron chi connectivity index (χ4n) is 1.38. The third-order valence-electron chi connectivity index (χ3n) is 2.57. The molecule has 0 aliphatic heterocycles. The lowest BCUT2D eigenvalue weighted by Gasteiger charge is -2.16. The summed E-state index contributed by atoms with van der Waals surface area (Å²) >= 11 is 0. The van der Waals surface area contributed by atoms with Gasteiger partial charge in [-0.3, -0.25) is 14.9 Å². The van der Waals surface area contributed by atoms with Crippen molar-refractivity contribution in [2.75, 3.05) is 6.61 Å². The molecule has 0 atom stereocenters. The molecule has 108 valence electrons. The Kier molecular flexibility index (Phi) is 5.50. The molecule has 0 spiro atoms. The van der Waals surface area contributed by atoms with Crippen LogP contribution in [-0.4, -0.2) is 18.3 Å². The molecule has 1 aromatic carbocycles. The average Bonchev–Trinajstić information content (AvgIpc) is 2.38. The fourth-order valence-corrected chi connectivity index (χ4v) is 1.38. The third kappa shape index (κ3) is 4.88. The minimum absolute atomic E-state index is 0.102. The zero-order chi connectivity index (χ0) is 15.2. The molecule has 4 nitrogen and oxygen atoms in total. The van der Waals surface area contributed by atoms with Crippen molar-refractivity contribution in [1.29, 1.82) is 0 Å². The summed E-state index contributed by atoms with van der Waals surface area (Å²) in [5.74, 6) is -0.220. The summed E-state index contributed by atoms with van der Waals surface area (Å²) in [7, 11) is 0. The maximum Gasteiger partial charge on any atom is 0.257 e. The minimum atomic E-state index is -0.514. The Morgan fingerprint density at radius 3 is 2.30 bits per heavy atom. The summed E-state index contributed by atoms with van der Waals surface area (Å²) in [6.45, 7) is 7.61. The van der Waals surface area contributed by atoms with Crippen molar-refractivity contribution in [2.24, 2.45) is 5.41 Å². The Hall–Kier alpha value is -2.10. The lowest BCUT2D eigenvalue weighted by molar-refractivity contribution is -0.121. The van der Waals surface area contributed by atoms with E-state index in [1.54, 1.807) is 31.2 Å². The monoisotopic (exact) mass is 275 g/mol. The Bertz CT molecular complexity index is 498. The number of amides is 1. The van der Waals surface area contributed by atoms with Crippen LogP contribution in [-0.2, 0) is 9.53 Å². The van der Waals surface area contributed by atoms with Crippen LogP contribution in [0.3, 0.4) is 0 Å². The van der Waals surface area contributed by atoms with Crippen molar-refractivity contribution in [1.82, 2.24) is 5.32 Å². The zero-order valence-corrected chi connectivity index (χ0v) is 12.4. The van der Waals surface area contributed by atoms with Gasteiger partial charge >= 0.3 is 0 Å². The van der Waals surface area contributed by atoms with E-state index in [0.717, 1.165) is 0 Å². The molecule has 0 aromatic heterocycles. The van der Waals surface area contributed by atoms with Gasteiger partial charge in [0, 0.05) is 17.1 Å². The van der Waals surface area contributed by atoms with Crippen LogP contribution in [0.5, 0.6) is 0 Å². The van der Waals surface area contributed by atoms with Crippen LogP contribution in [0.1, 0.15) is 38.1 Å². The summed E-state index contributed by atoms with van der Waals surface area (Å²) in [5, 5.41) is 2.62. The van der Waals surface area contributed by atoms with Gasteiger partial charge in [-0.05, 0) is 19.1 Å². The zero-order valence-electron chi connectivity index (χ0n) is 12.4. The van der Waals surface area contributed by atoms with Gasteiger partial charge in [0.1, 0.15) is 0 Å². The van der Waals surface area contributed by atoms with Crippen molar-refractivity contribution >= 4 is 11.7 Å². The number of ether oxygens (including phenoxy) is 1. The van der Waals surface area contributed by atoms with Gasteiger partial charge in [-0.1, -0.05) is 39.0 Å². The number of nitrogens with one attached hydrogen (secondary N) is 1. The van der Waals surface area contributed by atoms with Gasteiger partial charge < -0.3 is 4.74 Å². The van der Waals surface area contributed by atoms with Crippen LogP contribution in [0.25, 0.3) is 0 Å². The Balaban J connectivity index is 2.85. The number of hydrogen-bond acceptors (Lipinski definition) is 3. The Labute approximate surface area is 119 Å². The summed E-state index contributed by atoms with van der Waals surface area (Å²) < 4.78 is 5.31. The molecule has 1 amide bonds. The van der Waals surface area contributed by atoms with Crippen molar-refractivity contribution in [2.45, 2.75) is 27.7 Å². The predicted molar refractivity (Wildman–Crippen MR) is 78.1 cm³/mol. The molecule has 1 aromatic rings. The molecule has 4 heteroatoms. The largest absolute Gasteiger partial charge is 0.479 e. The molecule has 0 saturated carbocycles. The van der Waals surface area contributed by atoms with Gasteiger partial charge in [-0.15, -0.1) is 0 Å². The average molecular weight is 275 g/mol. The van der Waals surface area contributed by atoms with Crippen LogP contribution in [0.2, 0.25) is 0 Å². The predicted octanol–water partition coefficient (Wildman–Crippen LogP) is 2.91. The summed E-state index contributed by atoms with van der Waals surface area (Å²) in [5.41, 5.74) is 0.00104. The Morgan fingerprint density at radius 1 is 1.20 bits per heavy atom. The number of carbonyl (C=O) groups is 2. The van der Waals surface area contributed by atoms with Gasteiger partial charge in [0.05, 0.1) is 6.61 Å². The quantitative estimate of drug-likeness (QED) is 0.664. The van der Waals surface area contributed by atoms with Crippen LogP contribution in [0.4, 0.5) is 0 Å². The number of allylic oxidation sites excluding steroid dienone is 1. The van der Waals surface area contributed by atoms with Gasteiger partial charge in [-0.25, -0.2) is 0 Å². The minimum Gasteiger partial charge on any atom is -0.479 e. The molecule has 0 unspecified atom stereocenters. The molecule has 0 saturated heterocycles. The lowest BCUT2D eigenvalue weighted by atomic mass is 9.91. The molecule has 0 bridgehead atoms. The smallest absolute Gasteiger partial charge is 0.257 e. The molecular weight excluding hydrogens is 254 g/mol. The molecular formula is C16H21NO3. The standard InChI is InChI=1S/C16H21NO3/c1-5-20-14(11-13(18)16(2,3)4)17-15(19)12-9-7-6-8-10-12/h6-11H,5H2,1-4H3,(H,17,19)/b14-11-. The van der Waals surface area contributed by atoms with E-state index in [-0.39, 0.29) is 17.6 Å². The van der Waals surface area contributed by atoms with Gasteiger partial charge in [0.15, 0.2) is 11.7 Å². The molecule has 0 radical (unpaired) electrons. The van der Waals surface area contributed by atoms with E-state index >= 15 is 0 Å². The highest BCUT2D eigenvalue weighted by atomic mass is 16.5. The highest BCUT2D eigenvalue weighted by molar-refractivity contribution is 5.97. The van der Waals surface area contributed by atoms with E-state index in [0.29, 0.717) is 12.2 Å². The first-order chi connectivity index (χ1) is 9.34. The Morgan fingerprint density at radius 2 is 1.80 bits per heavy atom. The van der Waals surface area contributed by atoms with Crippen molar-refractivity contribution in [3.63, 3.8) is 0 Å². The van der Waals surface area contributed by atoms with Crippen LogP contribution < -0.4 is 5.32 Å². The molecule has 1 rings (SSSR count). The lowest BCUT2D eigenvalue weighted by Crippen LogP contribution is -2.27. The second-order valence-corrected chi connectivity index (χ2v) is 5.38. The molecule has 0 aliphatic carbocycles. The maximum atomic E-state index is 12.0. The number of ketones is 1. The second-order valence-electron chi connectivity index (χ2n) is 5.38. The first kappa shape index (κ1) is 16.0. The SMILES string of the molecule is CCO/C(=C\C(=O)C(C)(C)C)NC(=O)c1ccccc1. The molecule has 1 N–H and O–H groups in total. The molecule has 0 fully saturated rings. The third-order valence-corrected chi connectivity index (χ3v) is 2.57. The van der Waals surface area contributed by atoms with Crippen molar-refractivity contribution in [3.8, 4) is 0 Å². The topological polar surface area (TPSA) is 55.4 Å². The van der Waals surface area contributed by atoms with E-state index in [9.17, 15) is 9.59 Å². The van der Waals surface area contributed by atoms with Crippen molar-refractivity contribution < 1.29 is 14.3 Å². The summed E-state index contributed by atoms with van der Waals surface area (Å²) in [6, 6.07) is 8.78. The van der Waals surface area contributed by atoms with E-state index in [1.165, 1.54) is 6.08 Å². The number of hydrogen-bond donors (Lipinski definition) is 1. The van der Waals surface area contributed by atoms with Crippen molar-refractivity contribution in [3.05, 3.63) is 47.9 Å². The first-order valence-electron chi connectivity index (χ1n) is 6.60. The summed E-state index contributed by atoms with van der Waals surface area (Å²) in [6.07, 6.45) is 1.34. The van der Waals surface area contributed by atoms with E-state index < -0.39 is 5.41 Å². The number of benzene rings is 1. The second kappa shape index (κ2) is 6.89. The van der Waals surface area contributed by atoms with E-state index in [4.69, 9.17) is 4.74 Å². The molecule has 20 heavy (non-hydrogen) atoms. The van der Waals surface area contributed by atoms with E-state index in [1.807, 2.05) is 26.8 Å². The maximum absolute atomic E-state index is 12.0. The molecule has 0 aliphatic rings. The van der Waals surface area contributed by atoms with Crippen LogP contribution in [0, 0.1) is 5.41 Å². The number of rotatable bonds is 5. The van der Waals surface area contributed by atoms with Crippen LogP contribution in [0.15, 0.2) is 42.3 Å². The fraction of sp³-hybridized carbons (Fsp3) is 0.375.